The van der Waals surface area contributed by atoms with Crippen LogP contribution in [0.2, 0.25) is 5.02 Å². The molecule has 0 saturated carbocycles. The van der Waals surface area contributed by atoms with Gasteiger partial charge in [-0.1, -0.05) is 72.6 Å². The van der Waals surface area contributed by atoms with E-state index in [1.165, 1.54) is 31.4 Å². The third kappa shape index (κ3) is 22.8. The standard InChI is InChI=1S/C7H4ClNO.C7H13NO.C2HCl3O/c8-6-1-3-7(4-2-6)9-5-10;1-2-3-4-5-6-8-7-9;3-2(4,5)1-6/h1-4H;2-6H2,1H3;1H. The van der Waals surface area contributed by atoms with E-state index in [4.69, 9.17) is 46.4 Å². The molecule has 0 atom stereocenters. The number of aliphatic imine (C=N–C) groups is 2. The van der Waals surface area contributed by atoms with Crippen molar-refractivity contribution in [1.82, 2.24) is 0 Å². The van der Waals surface area contributed by atoms with Gasteiger partial charge in [0.2, 0.25) is 16.0 Å². The van der Waals surface area contributed by atoms with Crippen LogP contribution in [0, 0.1) is 0 Å². The maximum absolute atomic E-state index is 9.73. The molecule has 0 amide bonds. The molecule has 1 aromatic carbocycles. The third-order valence-corrected chi connectivity index (χ3v) is 2.84. The van der Waals surface area contributed by atoms with E-state index in [-0.39, 0.29) is 6.29 Å². The van der Waals surface area contributed by atoms with E-state index in [2.05, 4.69) is 16.9 Å². The summed E-state index contributed by atoms with van der Waals surface area (Å²) in [4.78, 5) is 35.5. The third-order valence-electron chi connectivity index (χ3n) is 2.32. The molecule has 138 valence electrons. The van der Waals surface area contributed by atoms with Crippen molar-refractivity contribution in [3.05, 3.63) is 29.3 Å². The fourth-order valence-corrected chi connectivity index (χ4v) is 1.36. The lowest BCUT2D eigenvalue weighted by Gasteiger charge is -1.93. The molecule has 5 nitrogen and oxygen atoms in total. The van der Waals surface area contributed by atoms with Gasteiger partial charge in [0.25, 0.3) is 0 Å². The normalized spacial score (nSPS) is 9.16. The lowest BCUT2D eigenvalue weighted by Crippen LogP contribution is -2.00. The van der Waals surface area contributed by atoms with Crippen molar-refractivity contribution in [2.24, 2.45) is 9.98 Å². The molecule has 0 fully saturated rings. The van der Waals surface area contributed by atoms with Crippen LogP contribution in [0.1, 0.15) is 32.6 Å². The van der Waals surface area contributed by atoms with Crippen LogP contribution < -0.4 is 0 Å². The van der Waals surface area contributed by atoms with Crippen LogP contribution in [0.15, 0.2) is 34.3 Å². The summed E-state index contributed by atoms with van der Waals surface area (Å²) in [5, 5.41) is 0.629. The van der Waals surface area contributed by atoms with Gasteiger partial charge in [-0.3, -0.25) is 4.79 Å². The molecular formula is C16H18Cl4N2O3. The van der Waals surface area contributed by atoms with Crippen molar-refractivity contribution in [3.8, 4) is 0 Å². The Balaban J connectivity index is 0. The van der Waals surface area contributed by atoms with Gasteiger partial charge >= 0.3 is 0 Å². The lowest BCUT2D eigenvalue weighted by molar-refractivity contribution is -0.107. The topological polar surface area (TPSA) is 75.9 Å². The smallest absolute Gasteiger partial charge is 0.245 e. The summed E-state index contributed by atoms with van der Waals surface area (Å²) in [6, 6.07) is 6.62. The van der Waals surface area contributed by atoms with Gasteiger partial charge in [-0.25, -0.2) is 14.6 Å². The molecule has 1 rings (SSSR count). The molecule has 1 aromatic rings. The number of carbonyl (C=O) groups excluding carboxylic acids is 3. The van der Waals surface area contributed by atoms with Crippen molar-refractivity contribution < 1.29 is 14.4 Å². The number of carbonyl (C=O) groups is 1. The molecule has 0 unspecified atom stereocenters. The predicted molar refractivity (Wildman–Crippen MR) is 103 cm³/mol. The summed E-state index contributed by atoms with van der Waals surface area (Å²) in [6.07, 6.45) is 7.87. The molecule has 0 radical (unpaired) electrons. The van der Waals surface area contributed by atoms with Crippen LogP contribution in [0.4, 0.5) is 5.69 Å². The van der Waals surface area contributed by atoms with E-state index >= 15 is 0 Å². The first-order valence-corrected chi connectivity index (χ1v) is 8.72. The van der Waals surface area contributed by atoms with Crippen LogP contribution in [0.5, 0.6) is 0 Å². The Bertz CT molecular complexity index is 562. The van der Waals surface area contributed by atoms with Gasteiger partial charge in [0.15, 0.2) is 6.29 Å². The van der Waals surface area contributed by atoms with Gasteiger partial charge in [-0.2, -0.15) is 4.99 Å². The minimum Gasteiger partial charge on any atom is -0.299 e. The highest BCUT2D eigenvalue weighted by Crippen LogP contribution is 2.21. The number of benzene rings is 1. The summed E-state index contributed by atoms with van der Waals surface area (Å²) >= 11 is 20.2. The highest BCUT2D eigenvalue weighted by molar-refractivity contribution is 6.74. The van der Waals surface area contributed by atoms with Crippen molar-refractivity contribution in [1.29, 1.82) is 0 Å². The molecule has 0 heterocycles. The van der Waals surface area contributed by atoms with E-state index in [9.17, 15) is 14.4 Å². The molecule has 0 N–H and O–H groups in total. The van der Waals surface area contributed by atoms with Crippen molar-refractivity contribution in [3.63, 3.8) is 0 Å². The summed E-state index contributed by atoms with van der Waals surface area (Å²) in [5.74, 6) is 0. The second-order valence-corrected chi connectivity index (χ2v) is 7.18. The van der Waals surface area contributed by atoms with E-state index in [0.717, 1.165) is 6.42 Å². The SMILES string of the molecule is CCCCCCN=C=O.O=C=Nc1ccc(Cl)cc1.O=CC(Cl)(Cl)Cl. The number of alkyl halides is 3. The molecule has 0 aliphatic heterocycles. The zero-order valence-corrected chi connectivity index (χ0v) is 16.6. The van der Waals surface area contributed by atoms with Crippen molar-refractivity contribution >= 4 is 70.5 Å². The number of rotatable bonds is 6. The molecule has 0 bridgehead atoms. The Morgan fingerprint density at radius 2 is 1.60 bits per heavy atom. The van der Waals surface area contributed by atoms with E-state index < -0.39 is 3.79 Å². The highest BCUT2D eigenvalue weighted by Gasteiger charge is 2.16. The van der Waals surface area contributed by atoms with Crippen molar-refractivity contribution in [2.45, 2.75) is 36.4 Å². The first-order valence-electron chi connectivity index (χ1n) is 7.20. The highest BCUT2D eigenvalue weighted by atomic mass is 35.6. The van der Waals surface area contributed by atoms with Gasteiger partial charge in [0.1, 0.15) is 0 Å². The number of hydrogen-bond acceptors (Lipinski definition) is 5. The second kappa shape index (κ2) is 17.6. The Morgan fingerprint density at radius 1 is 1.04 bits per heavy atom. The molecule has 0 aliphatic carbocycles. The first-order chi connectivity index (χ1) is 11.8. The molecule has 0 aliphatic rings. The fourth-order valence-electron chi connectivity index (χ4n) is 1.23. The molecule has 0 aromatic heterocycles. The minimum atomic E-state index is -1.72. The average molecular weight is 428 g/mol. The molecule has 25 heavy (non-hydrogen) atoms. The predicted octanol–water partition coefficient (Wildman–Crippen LogP) is 5.77. The van der Waals surface area contributed by atoms with Crippen LogP contribution >= 0.6 is 46.4 Å². The second-order valence-electron chi connectivity index (χ2n) is 4.37. The summed E-state index contributed by atoms with van der Waals surface area (Å²) < 4.78 is -1.72. The van der Waals surface area contributed by atoms with E-state index in [0.29, 0.717) is 17.3 Å². The van der Waals surface area contributed by atoms with Gasteiger partial charge in [-0.15, -0.1) is 0 Å². The van der Waals surface area contributed by atoms with Gasteiger partial charge in [0, 0.05) is 5.02 Å². The molecule has 9 heteroatoms. The van der Waals surface area contributed by atoms with E-state index in [1.54, 1.807) is 24.3 Å². The van der Waals surface area contributed by atoms with Gasteiger partial charge in [-0.05, 0) is 30.7 Å². The Labute approximate surface area is 167 Å². The largest absolute Gasteiger partial charge is 0.299 e. The Hall–Kier alpha value is -1.19. The number of aldehydes is 1. The Kier molecular flexibility index (Phi) is 18.4. The number of halogens is 4. The first kappa shape index (κ1) is 26.0. The lowest BCUT2D eigenvalue weighted by atomic mass is 10.2. The monoisotopic (exact) mass is 426 g/mol. The van der Waals surface area contributed by atoms with Crippen LogP contribution in [-0.2, 0) is 14.4 Å². The molecule has 0 saturated heterocycles. The van der Waals surface area contributed by atoms with Crippen LogP contribution in [-0.4, -0.2) is 28.8 Å². The molecular weight excluding hydrogens is 410 g/mol. The van der Waals surface area contributed by atoms with E-state index in [1.807, 2.05) is 0 Å². The molecule has 0 spiro atoms. The number of isocyanates is 2. The van der Waals surface area contributed by atoms with Crippen LogP contribution in [0.25, 0.3) is 0 Å². The quantitative estimate of drug-likeness (QED) is 0.190. The summed E-state index contributed by atoms with van der Waals surface area (Å²) in [6.45, 7) is 2.81. The zero-order valence-electron chi connectivity index (χ0n) is 13.6. The van der Waals surface area contributed by atoms with Crippen LogP contribution in [0.3, 0.4) is 0 Å². The summed E-state index contributed by atoms with van der Waals surface area (Å²) in [5.41, 5.74) is 0.569. The minimum absolute atomic E-state index is 0.234. The number of nitrogens with zero attached hydrogens (tertiary/aromatic N) is 2. The fraction of sp³-hybridized carbons (Fsp3) is 0.438. The maximum Gasteiger partial charge on any atom is 0.245 e. The maximum atomic E-state index is 9.73. The van der Waals surface area contributed by atoms with Crippen molar-refractivity contribution in [2.75, 3.05) is 6.54 Å². The van der Waals surface area contributed by atoms with Gasteiger partial charge < -0.3 is 0 Å². The van der Waals surface area contributed by atoms with Gasteiger partial charge in [0.05, 0.1) is 12.2 Å². The Morgan fingerprint density at radius 3 is 2.00 bits per heavy atom. The number of hydrogen-bond donors (Lipinski definition) is 0. The average Bonchev–Trinajstić information content (AvgIpc) is 2.58. The number of unbranched alkanes of at least 4 members (excludes halogenated alkanes) is 3. The zero-order chi connectivity index (χ0) is 19.6. The summed E-state index contributed by atoms with van der Waals surface area (Å²) in [7, 11) is 0.